The predicted molar refractivity (Wildman–Crippen MR) is 54.2 cm³/mol. The van der Waals surface area contributed by atoms with Crippen LogP contribution in [0.25, 0.3) is 0 Å². The van der Waals surface area contributed by atoms with Gasteiger partial charge in [0, 0.05) is 6.04 Å². The van der Waals surface area contributed by atoms with E-state index in [1.165, 1.54) is 5.56 Å². The Morgan fingerprint density at radius 3 is 3.08 bits per heavy atom. The van der Waals surface area contributed by atoms with Crippen molar-refractivity contribution in [2.24, 2.45) is 0 Å². The van der Waals surface area contributed by atoms with Gasteiger partial charge in [0.05, 0.1) is 4.47 Å². The zero-order valence-corrected chi connectivity index (χ0v) is 8.99. The van der Waals surface area contributed by atoms with Gasteiger partial charge in [0.2, 0.25) is 0 Å². The van der Waals surface area contributed by atoms with Crippen LogP contribution in [0.15, 0.2) is 16.6 Å². The Morgan fingerprint density at radius 2 is 2.31 bits per heavy atom. The zero-order chi connectivity index (χ0) is 9.42. The first-order valence-corrected chi connectivity index (χ1v) is 5.19. The van der Waals surface area contributed by atoms with Crippen LogP contribution in [0.1, 0.15) is 24.1 Å². The average Bonchev–Trinajstić information content (AvgIpc) is 2.09. The maximum absolute atomic E-state index is 13.2. The summed E-state index contributed by atoms with van der Waals surface area (Å²) in [6, 6.07) is 3.85. The van der Waals surface area contributed by atoms with E-state index < -0.39 is 0 Å². The van der Waals surface area contributed by atoms with Crippen LogP contribution in [0.5, 0.6) is 0 Å². The van der Waals surface area contributed by atoms with E-state index in [2.05, 4.69) is 28.2 Å². The first-order valence-electron chi connectivity index (χ1n) is 4.39. The fourth-order valence-corrected chi connectivity index (χ4v) is 2.12. The summed E-state index contributed by atoms with van der Waals surface area (Å²) >= 11 is 3.20. The molecule has 0 saturated heterocycles. The van der Waals surface area contributed by atoms with Crippen molar-refractivity contribution in [2.75, 3.05) is 6.54 Å². The van der Waals surface area contributed by atoms with Crippen molar-refractivity contribution in [1.82, 2.24) is 5.32 Å². The summed E-state index contributed by atoms with van der Waals surface area (Å²) in [4.78, 5) is 0. The average molecular weight is 244 g/mol. The Bertz CT molecular complexity index is 338. The molecular formula is C10H11BrFN. The van der Waals surface area contributed by atoms with Crippen LogP contribution in [0, 0.1) is 5.82 Å². The number of hydrogen-bond donors (Lipinski definition) is 1. The molecule has 0 saturated carbocycles. The number of fused-ring (bicyclic) bond motifs is 1. The van der Waals surface area contributed by atoms with Gasteiger partial charge < -0.3 is 5.32 Å². The van der Waals surface area contributed by atoms with Gasteiger partial charge in [-0.25, -0.2) is 4.39 Å². The van der Waals surface area contributed by atoms with E-state index in [1.54, 1.807) is 6.07 Å². The molecule has 2 rings (SSSR count). The molecule has 1 N–H and O–H groups in total. The Labute approximate surface area is 85.5 Å². The van der Waals surface area contributed by atoms with Crippen LogP contribution in [-0.4, -0.2) is 6.54 Å². The summed E-state index contributed by atoms with van der Waals surface area (Å²) in [5.41, 5.74) is 2.34. The number of nitrogens with one attached hydrogen (secondary N) is 1. The smallest absolute Gasteiger partial charge is 0.137 e. The third-order valence-corrected chi connectivity index (χ3v) is 3.10. The van der Waals surface area contributed by atoms with E-state index in [4.69, 9.17) is 0 Å². The minimum Gasteiger partial charge on any atom is -0.310 e. The van der Waals surface area contributed by atoms with Gasteiger partial charge in [0.1, 0.15) is 5.82 Å². The van der Waals surface area contributed by atoms with Crippen molar-refractivity contribution in [3.05, 3.63) is 33.5 Å². The standard InChI is InChI=1S/C10H11BrFN/c1-6-8-5-9(11)10(12)4-7(8)2-3-13-6/h4-6,13H,2-3H2,1H3. The largest absolute Gasteiger partial charge is 0.310 e. The normalized spacial score (nSPS) is 21.3. The Kier molecular flexibility index (Phi) is 2.39. The lowest BCUT2D eigenvalue weighted by Crippen LogP contribution is -2.27. The van der Waals surface area contributed by atoms with E-state index in [0.29, 0.717) is 10.5 Å². The number of hydrogen-bond acceptors (Lipinski definition) is 1. The van der Waals surface area contributed by atoms with E-state index >= 15 is 0 Å². The molecule has 1 aliphatic heterocycles. The first-order chi connectivity index (χ1) is 6.18. The van der Waals surface area contributed by atoms with Crippen LogP contribution in [0.3, 0.4) is 0 Å². The van der Waals surface area contributed by atoms with Gasteiger partial charge in [-0.05, 0) is 59.1 Å². The lowest BCUT2D eigenvalue weighted by atomic mass is 9.95. The zero-order valence-electron chi connectivity index (χ0n) is 7.40. The van der Waals surface area contributed by atoms with Crippen molar-refractivity contribution in [3.8, 4) is 0 Å². The van der Waals surface area contributed by atoms with Gasteiger partial charge >= 0.3 is 0 Å². The van der Waals surface area contributed by atoms with E-state index in [1.807, 2.05) is 6.07 Å². The fraction of sp³-hybridized carbons (Fsp3) is 0.400. The molecule has 0 spiro atoms. The summed E-state index contributed by atoms with van der Waals surface area (Å²) in [5, 5.41) is 3.34. The summed E-state index contributed by atoms with van der Waals surface area (Å²) in [5.74, 6) is -0.159. The van der Waals surface area contributed by atoms with Crippen molar-refractivity contribution in [3.63, 3.8) is 0 Å². The molecule has 1 nitrogen and oxygen atoms in total. The predicted octanol–water partition coefficient (Wildman–Crippen LogP) is 2.79. The molecule has 0 aliphatic carbocycles. The van der Waals surface area contributed by atoms with Crippen LogP contribution < -0.4 is 5.32 Å². The second-order valence-electron chi connectivity index (χ2n) is 3.39. The topological polar surface area (TPSA) is 12.0 Å². The minimum atomic E-state index is -0.159. The van der Waals surface area contributed by atoms with Crippen LogP contribution >= 0.6 is 15.9 Å². The highest BCUT2D eigenvalue weighted by Crippen LogP contribution is 2.27. The maximum atomic E-state index is 13.2. The molecule has 1 aromatic carbocycles. The first kappa shape index (κ1) is 9.16. The summed E-state index contributed by atoms with van der Waals surface area (Å²) in [7, 11) is 0. The number of halogens is 2. The molecule has 70 valence electrons. The third-order valence-electron chi connectivity index (χ3n) is 2.49. The third kappa shape index (κ3) is 1.63. The van der Waals surface area contributed by atoms with Gasteiger partial charge in [0.15, 0.2) is 0 Å². The summed E-state index contributed by atoms with van der Waals surface area (Å²) < 4.78 is 13.7. The molecular weight excluding hydrogens is 233 g/mol. The number of benzene rings is 1. The van der Waals surface area contributed by atoms with Gasteiger partial charge in [-0.2, -0.15) is 0 Å². The Morgan fingerprint density at radius 1 is 1.54 bits per heavy atom. The highest BCUT2D eigenvalue weighted by molar-refractivity contribution is 9.10. The van der Waals surface area contributed by atoms with Crippen molar-refractivity contribution < 1.29 is 4.39 Å². The maximum Gasteiger partial charge on any atom is 0.137 e. The Balaban J connectivity index is 2.52. The quantitative estimate of drug-likeness (QED) is 0.739. The molecule has 0 aromatic heterocycles. The van der Waals surface area contributed by atoms with E-state index in [-0.39, 0.29) is 5.82 Å². The van der Waals surface area contributed by atoms with E-state index in [9.17, 15) is 4.39 Å². The van der Waals surface area contributed by atoms with Gasteiger partial charge in [-0.15, -0.1) is 0 Å². The highest BCUT2D eigenvalue weighted by atomic mass is 79.9. The van der Waals surface area contributed by atoms with Crippen molar-refractivity contribution in [1.29, 1.82) is 0 Å². The Hall–Kier alpha value is -0.410. The molecule has 1 aromatic rings. The lowest BCUT2D eigenvalue weighted by Gasteiger charge is -2.24. The van der Waals surface area contributed by atoms with Crippen molar-refractivity contribution in [2.45, 2.75) is 19.4 Å². The SMILES string of the molecule is CC1NCCc2cc(F)c(Br)cc21. The van der Waals surface area contributed by atoms with Crippen LogP contribution in [-0.2, 0) is 6.42 Å². The number of rotatable bonds is 0. The van der Waals surface area contributed by atoms with Crippen LogP contribution in [0.2, 0.25) is 0 Å². The van der Waals surface area contributed by atoms with Crippen molar-refractivity contribution >= 4 is 15.9 Å². The molecule has 0 radical (unpaired) electrons. The second kappa shape index (κ2) is 3.39. The lowest BCUT2D eigenvalue weighted by molar-refractivity contribution is 0.533. The second-order valence-corrected chi connectivity index (χ2v) is 4.25. The molecule has 1 atom stereocenters. The fourth-order valence-electron chi connectivity index (χ4n) is 1.76. The van der Waals surface area contributed by atoms with E-state index in [0.717, 1.165) is 18.5 Å². The van der Waals surface area contributed by atoms with Gasteiger partial charge in [-0.3, -0.25) is 0 Å². The van der Waals surface area contributed by atoms with Gasteiger partial charge in [0.25, 0.3) is 0 Å². The molecule has 1 aliphatic rings. The molecule has 0 bridgehead atoms. The highest BCUT2D eigenvalue weighted by Gasteiger charge is 2.17. The molecule has 1 unspecified atom stereocenters. The molecule has 1 heterocycles. The molecule has 3 heteroatoms. The monoisotopic (exact) mass is 243 g/mol. The molecule has 0 fully saturated rings. The molecule has 0 amide bonds. The summed E-state index contributed by atoms with van der Waals surface area (Å²) in [6.07, 6.45) is 0.921. The molecule has 13 heavy (non-hydrogen) atoms. The minimum absolute atomic E-state index is 0.159. The van der Waals surface area contributed by atoms with Crippen LogP contribution in [0.4, 0.5) is 4.39 Å². The summed E-state index contributed by atoms with van der Waals surface area (Å²) in [6.45, 7) is 3.04. The van der Waals surface area contributed by atoms with Gasteiger partial charge in [-0.1, -0.05) is 0 Å².